The quantitative estimate of drug-likeness (QED) is 0.348. The van der Waals surface area contributed by atoms with Crippen LogP contribution >= 0.6 is 0 Å². The fourth-order valence-electron chi connectivity index (χ4n) is 3.17. The molecule has 2 fully saturated rings. The highest BCUT2D eigenvalue weighted by atomic mass is 32.3. The van der Waals surface area contributed by atoms with Crippen LogP contribution in [0.5, 0.6) is 0 Å². The molecule has 0 aliphatic carbocycles. The number of carbonyl (C=O) groups is 3. The van der Waals surface area contributed by atoms with Gasteiger partial charge in [-0.1, -0.05) is 12.1 Å². The number of hydrogen-bond donors (Lipinski definition) is 4. The van der Waals surface area contributed by atoms with Gasteiger partial charge < -0.3 is 10.6 Å². The molecule has 28 heavy (non-hydrogen) atoms. The molecule has 2 saturated heterocycles. The molecule has 0 saturated carbocycles. The Morgan fingerprint density at radius 2 is 1.89 bits per heavy atom. The number of nitrogens with two attached hydrogens (primary N) is 1. The number of piperidine rings is 1. The largest absolute Gasteiger partial charge is 0.418 e. The van der Waals surface area contributed by atoms with Crippen molar-refractivity contribution in [2.45, 2.75) is 31.5 Å². The lowest BCUT2D eigenvalue weighted by Gasteiger charge is -2.29. The summed E-state index contributed by atoms with van der Waals surface area (Å²) < 4.78 is 34.8. The van der Waals surface area contributed by atoms with E-state index in [4.69, 9.17) is 10.3 Å². The van der Waals surface area contributed by atoms with Crippen LogP contribution in [0, 0.1) is 0 Å². The Balaban J connectivity index is 1.59. The number of rotatable bonds is 5. The molecule has 0 aromatic heterocycles. The molecule has 2 aliphatic heterocycles. The molecular formula is C15H19N5O7S. The Morgan fingerprint density at radius 1 is 1.21 bits per heavy atom. The Morgan fingerprint density at radius 3 is 2.50 bits per heavy atom. The van der Waals surface area contributed by atoms with Crippen LogP contribution in [0.3, 0.4) is 0 Å². The Bertz CT molecular complexity index is 889. The third-order valence-corrected chi connectivity index (χ3v) is 4.90. The molecule has 0 spiro atoms. The predicted octanol–water partition coefficient (Wildman–Crippen LogP) is -1.09. The van der Waals surface area contributed by atoms with Crippen molar-refractivity contribution >= 4 is 28.2 Å². The Kier molecular flexibility index (Phi) is 5.51. The van der Waals surface area contributed by atoms with Crippen molar-refractivity contribution in [2.75, 3.05) is 6.54 Å². The summed E-state index contributed by atoms with van der Waals surface area (Å²) in [5, 5.41) is 0.542. The molecule has 5 N–H and O–H groups in total. The number of hydroxylamine groups is 2. The molecule has 1 aromatic rings. The molecule has 13 heteroatoms. The van der Waals surface area contributed by atoms with E-state index in [0.717, 1.165) is 10.5 Å². The average molecular weight is 413 g/mol. The summed E-state index contributed by atoms with van der Waals surface area (Å²) in [6.45, 7) is 0.393. The van der Waals surface area contributed by atoms with Crippen molar-refractivity contribution in [3.05, 3.63) is 35.4 Å². The van der Waals surface area contributed by atoms with Crippen molar-refractivity contribution in [2.24, 2.45) is 5.73 Å². The molecule has 2 unspecified atom stereocenters. The maximum Gasteiger partial charge on any atom is 0.418 e. The first-order chi connectivity index (χ1) is 13.2. The van der Waals surface area contributed by atoms with Crippen LogP contribution < -0.4 is 16.6 Å². The van der Waals surface area contributed by atoms with Gasteiger partial charge in [-0.25, -0.2) is 4.79 Å². The lowest BCUT2D eigenvalue weighted by atomic mass is 10.0. The third-order valence-electron chi connectivity index (χ3n) is 4.55. The minimum absolute atomic E-state index is 0.0565. The number of benzene rings is 1. The Labute approximate surface area is 160 Å². The van der Waals surface area contributed by atoms with E-state index in [1.54, 1.807) is 24.3 Å². The summed E-state index contributed by atoms with van der Waals surface area (Å²) in [6, 6.07) is 4.11. The monoisotopic (exact) mass is 413 g/mol. The summed E-state index contributed by atoms with van der Waals surface area (Å²) in [6.07, 6.45) is 0.513. The van der Waals surface area contributed by atoms with Gasteiger partial charge in [0.05, 0.1) is 6.04 Å². The highest BCUT2D eigenvalue weighted by molar-refractivity contribution is 7.80. The molecule has 12 nitrogen and oxygen atoms in total. The molecule has 2 atom stereocenters. The fourth-order valence-corrected chi connectivity index (χ4v) is 3.56. The van der Waals surface area contributed by atoms with E-state index < -0.39 is 40.3 Å². The van der Waals surface area contributed by atoms with Gasteiger partial charge in [0, 0.05) is 18.7 Å². The lowest BCUT2D eigenvalue weighted by Crippen LogP contribution is -2.54. The van der Waals surface area contributed by atoms with E-state index in [-0.39, 0.29) is 19.4 Å². The molecule has 4 amide bonds. The van der Waals surface area contributed by atoms with Gasteiger partial charge >= 0.3 is 16.4 Å². The number of amides is 4. The molecule has 2 aliphatic rings. The topological polar surface area (TPSA) is 171 Å². The zero-order valence-electron chi connectivity index (χ0n) is 14.6. The SMILES string of the molecule is NCc1ccc(C(=O)NNC(=O)C2CCC3CN2C(=O)N3OS(=O)(=O)O)cc1. The van der Waals surface area contributed by atoms with Crippen molar-refractivity contribution in [1.82, 2.24) is 20.8 Å². The summed E-state index contributed by atoms with van der Waals surface area (Å²) in [5.41, 5.74) is 11.2. The minimum atomic E-state index is -4.86. The van der Waals surface area contributed by atoms with Crippen LogP contribution in [0.15, 0.2) is 24.3 Å². The molecule has 0 radical (unpaired) electrons. The highest BCUT2D eigenvalue weighted by Crippen LogP contribution is 2.30. The fraction of sp³-hybridized carbons (Fsp3) is 0.400. The standard InChI is InChI=1S/C15H19N5O7S/c16-7-9-1-3-10(4-2-9)13(21)17-18-14(22)12-6-5-11-8-19(12)15(23)20(11)27-28(24,25)26/h1-4,11-12H,5-8,16H2,(H,17,21)(H,18,22)(H,24,25,26). The minimum Gasteiger partial charge on any atom is -0.326 e. The van der Waals surface area contributed by atoms with E-state index in [0.29, 0.717) is 17.2 Å². The van der Waals surface area contributed by atoms with Gasteiger partial charge in [-0.2, -0.15) is 13.5 Å². The predicted molar refractivity (Wildman–Crippen MR) is 93.3 cm³/mol. The van der Waals surface area contributed by atoms with E-state index in [2.05, 4.69) is 15.1 Å². The number of hydrogen-bond acceptors (Lipinski definition) is 7. The number of hydrazine groups is 1. The maximum absolute atomic E-state index is 12.4. The van der Waals surface area contributed by atoms with E-state index in [9.17, 15) is 22.8 Å². The number of carbonyl (C=O) groups excluding carboxylic acids is 3. The first-order valence-electron chi connectivity index (χ1n) is 8.35. The summed E-state index contributed by atoms with van der Waals surface area (Å²) in [4.78, 5) is 37.9. The van der Waals surface area contributed by atoms with Crippen molar-refractivity contribution < 1.29 is 31.6 Å². The van der Waals surface area contributed by atoms with Crippen LogP contribution in [0.2, 0.25) is 0 Å². The van der Waals surface area contributed by atoms with Crippen molar-refractivity contribution in [1.29, 1.82) is 0 Å². The van der Waals surface area contributed by atoms with Gasteiger partial charge in [0.25, 0.3) is 11.8 Å². The van der Waals surface area contributed by atoms with E-state index in [1.807, 2.05) is 0 Å². The van der Waals surface area contributed by atoms with Gasteiger partial charge in [0.1, 0.15) is 6.04 Å². The van der Waals surface area contributed by atoms with Crippen LogP contribution in [-0.2, 0) is 26.0 Å². The zero-order valence-corrected chi connectivity index (χ0v) is 15.4. The molecule has 2 bridgehead atoms. The van der Waals surface area contributed by atoms with Gasteiger partial charge in [-0.15, -0.1) is 4.28 Å². The van der Waals surface area contributed by atoms with Gasteiger partial charge in [-0.05, 0) is 30.5 Å². The van der Waals surface area contributed by atoms with Crippen LogP contribution in [-0.4, -0.2) is 59.4 Å². The number of nitrogens with one attached hydrogen (secondary N) is 2. The molecular weight excluding hydrogens is 394 g/mol. The maximum atomic E-state index is 12.4. The van der Waals surface area contributed by atoms with Gasteiger partial charge in [-0.3, -0.25) is 25.0 Å². The third kappa shape index (κ3) is 4.22. The number of fused-ring (bicyclic) bond motifs is 2. The summed E-state index contributed by atoms with van der Waals surface area (Å²) in [7, 11) is -4.86. The number of nitrogens with zero attached hydrogens (tertiary/aromatic N) is 2. The van der Waals surface area contributed by atoms with Crippen LogP contribution in [0.25, 0.3) is 0 Å². The smallest absolute Gasteiger partial charge is 0.326 e. The highest BCUT2D eigenvalue weighted by Gasteiger charge is 2.49. The molecule has 1 aromatic carbocycles. The van der Waals surface area contributed by atoms with E-state index in [1.165, 1.54) is 0 Å². The lowest BCUT2D eigenvalue weighted by molar-refractivity contribution is -0.126. The Hall–Kier alpha value is -2.74. The second-order valence-corrected chi connectivity index (χ2v) is 7.36. The zero-order chi connectivity index (χ0) is 20.5. The number of urea groups is 1. The molecule has 3 rings (SSSR count). The second kappa shape index (κ2) is 7.71. The summed E-state index contributed by atoms with van der Waals surface area (Å²) >= 11 is 0. The van der Waals surface area contributed by atoms with Crippen molar-refractivity contribution in [3.8, 4) is 0 Å². The first kappa shape index (κ1) is 20.0. The summed E-state index contributed by atoms with van der Waals surface area (Å²) in [5.74, 6) is -1.18. The first-order valence-corrected chi connectivity index (χ1v) is 9.72. The molecule has 152 valence electrons. The second-order valence-electron chi connectivity index (χ2n) is 6.35. The van der Waals surface area contributed by atoms with Crippen LogP contribution in [0.4, 0.5) is 4.79 Å². The molecule has 2 heterocycles. The van der Waals surface area contributed by atoms with Crippen molar-refractivity contribution in [3.63, 3.8) is 0 Å². The average Bonchev–Trinajstić information content (AvgIpc) is 2.89. The van der Waals surface area contributed by atoms with Gasteiger partial charge in [0.15, 0.2) is 0 Å². The van der Waals surface area contributed by atoms with Gasteiger partial charge in [0.2, 0.25) is 0 Å². The van der Waals surface area contributed by atoms with E-state index >= 15 is 0 Å². The normalized spacial score (nSPS) is 21.6. The van der Waals surface area contributed by atoms with Crippen LogP contribution in [0.1, 0.15) is 28.8 Å².